The first-order chi connectivity index (χ1) is 6.75. The van der Waals surface area contributed by atoms with Gasteiger partial charge in [-0.3, -0.25) is 4.68 Å². The summed E-state index contributed by atoms with van der Waals surface area (Å²) in [5, 5.41) is 16.9. The zero-order valence-electron chi connectivity index (χ0n) is 8.35. The zero-order valence-corrected chi connectivity index (χ0v) is 8.35. The molecule has 0 saturated heterocycles. The van der Waals surface area contributed by atoms with E-state index in [-0.39, 0.29) is 6.10 Å². The number of aromatic nitrogens is 3. The van der Waals surface area contributed by atoms with Crippen molar-refractivity contribution in [2.24, 2.45) is 7.05 Å². The number of rotatable bonds is 5. The van der Waals surface area contributed by atoms with Crippen LogP contribution in [0, 0.1) is 0 Å². The normalized spacial score (nSPS) is 18.4. The first-order valence-electron chi connectivity index (χ1n) is 5.00. The summed E-state index contributed by atoms with van der Waals surface area (Å²) < 4.78 is 1.69. The van der Waals surface area contributed by atoms with Gasteiger partial charge in [0.05, 0.1) is 6.10 Å². The summed E-state index contributed by atoms with van der Waals surface area (Å²) in [6.07, 6.45) is 4.21. The predicted molar refractivity (Wildman–Crippen MR) is 51.7 cm³/mol. The third kappa shape index (κ3) is 2.52. The third-order valence-corrected chi connectivity index (χ3v) is 2.44. The fourth-order valence-corrected chi connectivity index (χ4v) is 1.38. The van der Waals surface area contributed by atoms with Gasteiger partial charge in [-0.2, -0.15) is 5.10 Å². The van der Waals surface area contributed by atoms with Crippen LogP contribution in [-0.2, 0) is 13.5 Å². The third-order valence-electron chi connectivity index (χ3n) is 2.44. The van der Waals surface area contributed by atoms with Crippen molar-refractivity contribution < 1.29 is 5.11 Å². The van der Waals surface area contributed by atoms with Crippen LogP contribution < -0.4 is 5.32 Å². The van der Waals surface area contributed by atoms with E-state index in [4.69, 9.17) is 0 Å². The number of nitrogens with zero attached hydrogens (tertiary/aromatic N) is 3. The molecule has 0 spiro atoms. The fraction of sp³-hybridized carbons (Fsp3) is 0.778. The van der Waals surface area contributed by atoms with Crippen molar-refractivity contribution in [2.75, 3.05) is 6.54 Å². The maximum atomic E-state index is 9.68. The highest BCUT2D eigenvalue weighted by molar-refractivity contribution is 4.88. The summed E-state index contributed by atoms with van der Waals surface area (Å²) in [5.41, 5.74) is 0. The van der Waals surface area contributed by atoms with Gasteiger partial charge < -0.3 is 10.4 Å². The maximum absolute atomic E-state index is 9.68. The molecule has 78 valence electrons. The molecular weight excluding hydrogens is 180 g/mol. The molecule has 1 saturated carbocycles. The lowest BCUT2D eigenvalue weighted by atomic mass is 10.2. The summed E-state index contributed by atoms with van der Waals surface area (Å²) in [6, 6.07) is 0.643. The van der Waals surface area contributed by atoms with Crippen molar-refractivity contribution >= 4 is 0 Å². The number of aryl methyl sites for hydroxylation is 1. The lowest BCUT2D eigenvalue weighted by molar-refractivity contribution is 0.167. The Morgan fingerprint density at radius 1 is 1.71 bits per heavy atom. The Labute approximate surface area is 83.2 Å². The van der Waals surface area contributed by atoms with Gasteiger partial charge >= 0.3 is 0 Å². The minimum atomic E-state index is -0.363. The monoisotopic (exact) mass is 196 g/mol. The van der Waals surface area contributed by atoms with Gasteiger partial charge in [-0.05, 0) is 12.8 Å². The molecule has 0 aliphatic heterocycles. The number of hydrogen-bond acceptors (Lipinski definition) is 4. The Morgan fingerprint density at radius 3 is 3.07 bits per heavy atom. The topological polar surface area (TPSA) is 63.0 Å². The second-order valence-electron chi connectivity index (χ2n) is 3.84. The number of nitrogens with one attached hydrogen (secondary N) is 1. The number of aliphatic hydroxyl groups excluding tert-OH is 1. The molecule has 1 aromatic rings. The minimum Gasteiger partial charge on any atom is -0.391 e. The molecule has 5 heteroatoms. The van der Waals surface area contributed by atoms with Crippen LogP contribution in [0.25, 0.3) is 0 Å². The molecule has 1 aliphatic rings. The zero-order chi connectivity index (χ0) is 9.97. The molecule has 1 atom stereocenters. The van der Waals surface area contributed by atoms with Crippen LogP contribution in [0.15, 0.2) is 6.33 Å². The van der Waals surface area contributed by atoms with Crippen LogP contribution in [0.1, 0.15) is 18.7 Å². The first-order valence-corrected chi connectivity index (χ1v) is 5.00. The predicted octanol–water partition coefficient (Wildman–Crippen LogP) is -0.530. The highest BCUT2D eigenvalue weighted by atomic mass is 16.3. The van der Waals surface area contributed by atoms with E-state index >= 15 is 0 Å². The summed E-state index contributed by atoms with van der Waals surface area (Å²) in [5.74, 6) is 0.829. The molecule has 0 amide bonds. The summed E-state index contributed by atoms with van der Waals surface area (Å²) in [4.78, 5) is 4.06. The fourth-order valence-electron chi connectivity index (χ4n) is 1.38. The van der Waals surface area contributed by atoms with Crippen molar-refractivity contribution in [3.05, 3.63) is 12.2 Å². The summed E-state index contributed by atoms with van der Waals surface area (Å²) in [7, 11) is 1.84. The van der Waals surface area contributed by atoms with Crippen LogP contribution >= 0.6 is 0 Å². The molecule has 1 aromatic heterocycles. The summed E-state index contributed by atoms with van der Waals surface area (Å²) in [6.45, 7) is 0.650. The smallest absolute Gasteiger partial charge is 0.138 e. The van der Waals surface area contributed by atoms with Crippen molar-refractivity contribution in [3.63, 3.8) is 0 Å². The Hall–Kier alpha value is -0.940. The molecule has 2 N–H and O–H groups in total. The van der Waals surface area contributed by atoms with Crippen molar-refractivity contribution in [2.45, 2.75) is 31.4 Å². The Kier molecular flexibility index (Phi) is 2.79. The van der Waals surface area contributed by atoms with Gasteiger partial charge in [0, 0.05) is 26.1 Å². The van der Waals surface area contributed by atoms with E-state index in [9.17, 15) is 5.11 Å². The van der Waals surface area contributed by atoms with Crippen LogP contribution in [0.5, 0.6) is 0 Å². The maximum Gasteiger partial charge on any atom is 0.138 e. The standard InChI is InChI=1S/C9H16N4O/c1-13-9(11-6-12-13)4-8(14)5-10-7-2-3-7/h6-8,10,14H,2-5H2,1H3. The van der Waals surface area contributed by atoms with E-state index in [0.717, 1.165) is 5.82 Å². The van der Waals surface area contributed by atoms with Gasteiger partial charge in [0.1, 0.15) is 12.2 Å². The highest BCUT2D eigenvalue weighted by Gasteiger charge is 2.21. The minimum absolute atomic E-state index is 0.363. The van der Waals surface area contributed by atoms with Crippen LogP contribution in [0.3, 0.4) is 0 Å². The van der Waals surface area contributed by atoms with E-state index in [1.165, 1.54) is 19.2 Å². The molecule has 2 rings (SSSR count). The van der Waals surface area contributed by atoms with E-state index in [2.05, 4.69) is 15.4 Å². The molecule has 5 nitrogen and oxygen atoms in total. The van der Waals surface area contributed by atoms with Crippen molar-refractivity contribution in [1.82, 2.24) is 20.1 Å². The second-order valence-corrected chi connectivity index (χ2v) is 3.84. The van der Waals surface area contributed by atoms with Gasteiger partial charge in [-0.15, -0.1) is 0 Å². The van der Waals surface area contributed by atoms with Crippen LogP contribution in [0.2, 0.25) is 0 Å². The van der Waals surface area contributed by atoms with Crippen molar-refractivity contribution in [3.8, 4) is 0 Å². The Morgan fingerprint density at radius 2 is 2.50 bits per heavy atom. The molecule has 0 bridgehead atoms. The second kappa shape index (κ2) is 4.06. The largest absolute Gasteiger partial charge is 0.391 e. The average molecular weight is 196 g/mol. The molecule has 1 fully saturated rings. The Bertz CT molecular complexity index is 295. The molecule has 1 aliphatic carbocycles. The van der Waals surface area contributed by atoms with Crippen molar-refractivity contribution in [1.29, 1.82) is 0 Å². The van der Waals surface area contributed by atoms with Crippen LogP contribution in [0.4, 0.5) is 0 Å². The van der Waals surface area contributed by atoms with E-state index in [1.807, 2.05) is 7.05 Å². The quantitative estimate of drug-likeness (QED) is 0.664. The molecule has 1 heterocycles. The number of aliphatic hydroxyl groups is 1. The lowest BCUT2D eigenvalue weighted by Gasteiger charge is -2.10. The van der Waals surface area contributed by atoms with Gasteiger partial charge in [-0.25, -0.2) is 4.98 Å². The van der Waals surface area contributed by atoms with E-state index < -0.39 is 0 Å². The highest BCUT2D eigenvalue weighted by Crippen LogP contribution is 2.18. The molecule has 1 unspecified atom stereocenters. The lowest BCUT2D eigenvalue weighted by Crippen LogP contribution is -2.30. The molecular formula is C9H16N4O. The van der Waals surface area contributed by atoms with Gasteiger partial charge in [0.2, 0.25) is 0 Å². The van der Waals surface area contributed by atoms with E-state index in [0.29, 0.717) is 19.0 Å². The molecule has 0 radical (unpaired) electrons. The van der Waals surface area contributed by atoms with Crippen LogP contribution in [-0.4, -0.2) is 38.6 Å². The van der Waals surface area contributed by atoms with Gasteiger partial charge in [0.15, 0.2) is 0 Å². The van der Waals surface area contributed by atoms with Gasteiger partial charge in [-0.1, -0.05) is 0 Å². The van der Waals surface area contributed by atoms with E-state index in [1.54, 1.807) is 4.68 Å². The summed E-state index contributed by atoms with van der Waals surface area (Å²) >= 11 is 0. The van der Waals surface area contributed by atoms with Gasteiger partial charge in [0.25, 0.3) is 0 Å². The SMILES string of the molecule is Cn1ncnc1CC(O)CNC1CC1. The molecule has 14 heavy (non-hydrogen) atoms. The average Bonchev–Trinajstić information content (AvgIpc) is 2.90. The number of hydrogen-bond donors (Lipinski definition) is 2. The Balaban J connectivity index is 1.75. The molecule has 0 aromatic carbocycles. The first kappa shape index (κ1) is 9.61.